The van der Waals surface area contributed by atoms with Gasteiger partial charge < -0.3 is 10.0 Å². The van der Waals surface area contributed by atoms with Gasteiger partial charge in [0, 0.05) is 55.5 Å². The van der Waals surface area contributed by atoms with Crippen molar-refractivity contribution in [1.82, 2.24) is 19.7 Å². The quantitative estimate of drug-likeness (QED) is 0.911. The minimum absolute atomic E-state index is 0.0952. The van der Waals surface area contributed by atoms with Gasteiger partial charge in [0.05, 0.1) is 5.69 Å². The number of likely N-dealkylation sites (tertiary alicyclic amines) is 1. The molecule has 3 rings (SSSR count). The largest absolute Gasteiger partial charge is 0.479 e. The lowest BCUT2D eigenvalue weighted by Crippen LogP contribution is -2.52. The molecule has 7 nitrogen and oxygen atoms in total. The van der Waals surface area contributed by atoms with Crippen molar-refractivity contribution in [1.29, 1.82) is 0 Å². The molecule has 0 atom stereocenters. The predicted octanol–water partition coefficient (Wildman–Crippen LogP) is 2.29. The lowest BCUT2D eigenvalue weighted by molar-refractivity contribution is -0.150. The highest BCUT2D eigenvalue weighted by Gasteiger charge is 2.45. The minimum Gasteiger partial charge on any atom is -0.479 e. The van der Waals surface area contributed by atoms with Crippen LogP contribution in [0.25, 0.3) is 0 Å². The molecule has 7 heteroatoms. The summed E-state index contributed by atoms with van der Waals surface area (Å²) in [5.41, 5.74) is 0.159. The molecule has 1 amide bonds. The zero-order chi connectivity index (χ0) is 18.9. The van der Waals surface area contributed by atoms with Gasteiger partial charge >= 0.3 is 5.97 Å². The molecular formula is C19H24N4O3. The molecular weight excluding hydrogens is 332 g/mol. The molecule has 2 aromatic rings. The summed E-state index contributed by atoms with van der Waals surface area (Å²) in [4.78, 5) is 30.3. The van der Waals surface area contributed by atoms with Crippen LogP contribution in [0.3, 0.4) is 0 Å². The molecule has 0 spiro atoms. The molecule has 1 fully saturated rings. The molecule has 1 N–H and O–H groups in total. The number of carbonyl (C=O) groups excluding carboxylic acids is 1. The number of carbonyl (C=O) groups is 2. The molecule has 1 aliphatic heterocycles. The molecule has 0 aliphatic carbocycles. The Morgan fingerprint density at radius 1 is 1.12 bits per heavy atom. The number of hydrogen-bond acceptors (Lipinski definition) is 4. The number of amides is 1. The Bertz CT molecular complexity index is 800. The molecule has 3 heterocycles. The Balaban J connectivity index is 1.80. The van der Waals surface area contributed by atoms with Crippen LogP contribution in [-0.4, -0.2) is 49.7 Å². The summed E-state index contributed by atoms with van der Waals surface area (Å²) in [6.07, 6.45) is 5.55. The predicted molar refractivity (Wildman–Crippen MR) is 95.9 cm³/mol. The lowest BCUT2D eigenvalue weighted by Gasteiger charge is -2.39. The van der Waals surface area contributed by atoms with Gasteiger partial charge in [0.15, 0.2) is 5.54 Å². The number of aromatic nitrogens is 3. The topological polar surface area (TPSA) is 88.3 Å². The number of aliphatic carboxylic acids is 1. The maximum absolute atomic E-state index is 12.6. The normalized spacial score (nSPS) is 17.1. The summed E-state index contributed by atoms with van der Waals surface area (Å²) in [5, 5.41) is 14.5. The van der Waals surface area contributed by atoms with Crippen molar-refractivity contribution in [2.75, 3.05) is 13.1 Å². The average Bonchev–Trinajstić information content (AvgIpc) is 3.13. The third-order valence-corrected chi connectivity index (χ3v) is 5.00. The fraction of sp³-hybridized carbons (Fsp3) is 0.474. The Hall–Kier alpha value is -2.70. The summed E-state index contributed by atoms with van der Waals surface area (Å²) in [6, 6.07) is 5.22. The molecule has 0 unspecified atom stereocenters. The number of piperidine rings is 1. The van der Waals surface area contributed by atoms with Crippen LogP contribution in [-0.2, 0) is 15.7 Å². The summed E-state index contributed by atoms with van der Waals surface area (Å²) < 4.78 is 1.57. The Labute approximate surface area is 152 Å². The number of carboxylic acids is 1. The monoisotopic (exact) mass is 356 g/mol. The summed E-state index contributed by atoms with van der Waals surface area (Å²) in [6.45, 7) is 6.88. The van der Waals surface area contributed by atoms with E-state index >= 15 is 0 Å². The van der Waals surface area contributed by atoms with Gasteiger partial charge in [0.2, 0.25) is 0 Å². The van der Waals surface area contributed by atoms with Gasteiger partial charge in [0.25, 0.3) is 5.91 Å². The van der Waals surface area contributed by atoms with E-state index in [1.54, 1.807) is 40.3 Å². The van der Waals surface area contributed by atoms with Crippen LogP contribution < -0.4 is 0 Å². The first-order valence-electron chi connectivity index (χ1n) is 8.73. The highest BCUT2D eigenvalue weighted by Crippen LogP contribution is 2.32. The van der Waals surface area contributed by atoms with Crippen molar-refractivity contribution in [2.45, 2.75) is 44.6 Å². The number of carboxylic acid groups (broad SMARTS) is 1. The van der Waals surface area contributed by atoms with E-state index in [-0.39, 0.29) is 11.3 Å². The highest BCUT2D eigenvalue weighted by atomic mass is 16.4. The van der Waals surface area contributed by atoms with Crippen molar-refractivity contribution in [3.05, 3.63) is 48.0 Å². The molecule has 26 heavy (non-hydrogen) atoms. The Kier molecular flexibility index (Phi) is 4.56. The molecule has 138 valence electrons. The van der Waals surface area contributed by atoms with Gasteiger partial charge in [-0.05, 0) is 18.2 Å². The second-order valence-electron chi connectivity index (χ2n) is 7.76. The van der Waals surface area contributed by atoms with E-state index in [0.717, 1.165) is 5.69 Å². The van der Waals surface area contributed by atoms with Crippen LogP contribution in [0.2, 0.25) is 0 Å². The zero-order valence-electron chi connectivity index (χ0n) is 15.3. The number of rotatable bonds is 3. The van der Waals surface area contributed by atoms with Crippen molar-refractivity contribution >= 4 is 11.9 Å². The minimum atomic E-state index is -1.11. The summed E-state index contributed by atoms with van der Waals surface area (Å²) >= 11 is 0. The van der Waals surface area contributed by atoms with Crippen molar-refractivity contribution in [3.8, 4) is 0 Å². The Morgan fingerprint density at radius 3 is 2.23 bits per heavy atom. The molecule has 0 aromatic carbocycles. The van der Waals surface area contributed by atoms with Crippen molar-refractivity contribution in [3.63, 3.8) is 0 Å². The first kappa shape index (κ1) is 18.1. The van der Waals surface area contributed by atoms with Gasteiger partial charge in [-0.3, -0.25) is 14.5 Å². The van der Waals surface area contributed by atoms with Crippen LogP contribution in [0.1, 0.15) is 49.7 Å². The van der Waals surface area contributed by atoms with Gasteiger partial charge in [0.1, 0.15) is 0 Å². The second kappa shape index (κ2) is 6.55. The van der Waals surface area contributed by atoms with Crippen LogP contribution in [0.5, 0.6) is 0 Å². The van der Waals surface area contributed by atoms with Gasteiger partial charge in [-0.2, -0.15) is 5.10 Å². The third kappa shape index (κ3) is 3.21. The van der Waals surface area contributed by atoms with Crippen LogP contribution in [0.4, 0.5) is 0 Å². The maximum atomic E-state index is 12.6. The van der Waals surface area contributed by atoms with Gasteiger partial charge in [-0.15, -0.1) is 0 Å². The smallest absolute Gasteiger partial charge is 0.331 e. The van der Waals surface area contributed by atoms with Crippen LogP contribution >= 0.6 is 0 Å². The lowest BCUT2D eigenvalue weighted by atomic mass is 9.87. The van der Waals surface area contributed by atoms with Crippen LogP contribution in [0, 0.1) is 0 Å². The first-order chi connectivity index (χ1) is 12.2. The number of pyridine rings is 1. The molecule has 0 bridgehead atoms. The molecule has 0 radical (unpaired) electrons. The molecule has 0 saturated carbocycles. The maximum Gasteiger partial charge on any atom is 0.331 e. The van der Waals surface area contributed by atoms with Crippen molar-refractivity contribution < 1.29 is 14.7 Å². The van der Waals surface area contributed by atoms with E-state index < -0.39 is 11.5 Å². The van der Waals surface area contributed by atoms with Gasteiger partial charge in [-0.25, -0.2) is 4.79 Å². The number of hydrogen-bond donors (Lipinski definition) is 1. The fourth-order valence-electron chi connectivity index (χ4n) is 3.26. The third-order valence-electron chi connectivity index (χ3n) is 5.00. The summed E-state index contributed by atoms with van der Waals surface area (Å²) in [5.74, 6) is -1.00. The van der Waals surface area contributed by atoms with Crippen LogP contribution in [0.15, 0.2) is 36.8 Å². The molecule has 2 aromatic heterocycles. The molecule has 1 aliphatic rings. The standard InChI is InChI=1S/C19H24N4O3/c1-18(2,3)15-6-11-23(21-15)19(17(25)26)7-12-22(13-8-19)16(24)14-4-9-20-10-5-14/h4-6,9-11H,7-8,12-13H2,1-3H3,(H,25,26). The summed E-state index contributed by atoms with van der Waals surface area (Å²) in [7, 11) is 0. The van der Waals surface area contributed by atoms with Crippen molar-refractivity contribution in [2.24, 2.45) is 0 Å². The zero-order valence-corrected chi connectivity index (χ0v) is 15.3. The highest BCUT2D eigenvalue weighted by molar-refractivity contribution is 5.94. The first-order valence-corrected chi connectivity index (χ1v) is 8.73. The number of nitrogens with zero attached hydrogens (tertiary/aromatic N) is 4. The van der Waals surface area contributed by atoms with E-state index in [2.05, 4.69) is 10.1 Å². The van der Waals surface area contributed by atoms with Gasteiger partial charge in [-0.1, -0.05) is 20.8 Å². The fourth-order valence-corrected chi connectivity index (χ4v) is 3.26. The average molecular weight is 356 g/mol. The Morgan fingerprint density at radius 2 is 1.73 bits per heavy atom. The molecule has 1 saturated heterocycles. The second-order valence-corrected chi connectivity index (χ2v) is 7.76. The van der Waals surface area contributed by atoms with E-state index in [9.17, 15) is 14.7 Å². The van der Waals surface area contributed by atoms with E-state index in [4.69, 9.17) is 0 Å². The van der Waals surface area contributed by atoms with E-state index in [1.807, 2.05) is 26.8 Å². The van der Waals surface area contributed by atoms with E-state index in [0.29, 0.717) is 31.5 Å². The van der Waals surface area contributed by atoms with E-state index in [1.165, 1.54) is 0 Å². The SMILES string of the molecule is CC(C)(C)c1ccn(C2(C(=O)O)CCN(C(=O)c3ccncc3)CC2)n1.